The molecule has 0 saturated heterocycles. The molecule has 0 aliphatic heterocycles. The fraction of sp³-hybridized carbons (Fsp3) is 0.333. The number of aromatic nitrogens is 3. The van der Waals surface area contributed by atoms with E-state index < -0.39 is 11.9 Å². The quantitative estimate of drug-likeness (QED) is 0.875. The minimum atomic E-state index is -1.05. The molecule has 2 rings (SSSR count). The van der Waals surface area contributed by atoms with Crippen molar-refractivity contribution in [1.82, 2.24) is 19.9 Å². The molecule has 0 aliphatic rings. The van der Waals surface area contributed by atoms with Crippen LogP contribution in [0.2, 0.25) is 0 Å². The second kappa shape index (κ2) is 6.84. The van der Waals surface area contributed by atoms with E-state index in [1.165, 1.54) is 15.9 Å². The van der Waals surface area contributed by atoms with Gasteiger partial charge in [-0.15, -0.1) is 5.10 Å². The van der Waals surface area contributed by atoms with Gasteiger partial charge in [0.05, 0.1) is 11.9 Å². The highest BCUT2D eigenvalue weighted by molar-refractivity contribution is 5.94. The van der Waals surface area contributed by atoms with E-state index >= 15 is 0 Å². The van der Waals surface area contributed by atoms with Gasteiger partial charge in [-0.2, -0.15) is 9.90 Å². The predicted molar refractivity (Wildman–Crippen MR) is 79.8 cm³/mol. The van der Waals surface area contributed by atoms with Crippen molar-refractivity contribution in [3.63, 3.8) is 0 Å². The molecule has 7 heteroatoms. The first-order valence-corrected chi connectivity index (χ1v) is 7.03. The molecule has 0 bridgehead atoms. The summed E-state index contributed by atoms with van der Waals surface area (Å²) in [6.45, 7) is 3.35. The zero-order valence-corrected chi connectivity index (χ0v) is 12.5. The number of aliphatic carboxylic acids is 1. The number of carboxylic acid groups (broad SMARTS) is 1. The molecule has 22 heavy (non-hydrogen) atoms. The summed E-state index contributed by atoms with van der Waals surface area (Å²) in [6, 6.07) is 9.00. The number of hydrogen-bond acceptors (Lipinski definition) is 4. The molecule has 1 atom stereocenters. The van der Waals surface area contributed by atoms with Crippen LogP contribution in [0.1, 0.15) is 30.8 Å². The molecule has 0 fully saturated rings. The van der Waals surface area contributed by atoms with Gasteiger partial charge in [0.15, 0.2) is 5.69 Å². The maximum absolute atomic E-state index is 12.5. The number of nitrogens with zero attached hydrogens (tertiary/aromatic N) is 4. The lowest BCUT2D eigenvalue weighted by Gasteiger charge is -2.25. The Labute approximate surface area is 128 Å². The van der Waals surface area contributed by atoms with Gasteiger partial charge in [-0.25, -0.2) is 0 Å². The van der Waals surface area contributed by atoms with Crippen LogP contribution in [0.4, 0.5) is 0 Å². The lowest BCUT2D eigenvalue weighted by atomic mass is 10.2. The Morgan fingerprint density at radius 3 is 2.59 bits per heavy atom. The van der Waals surface area contributed by atoms with E-state index in [1.807, 2.05) is 44.2 Å². The Morgan fingerprint density at radius 1 is 1.32 bits per heavy atom. The summed E-state index contributed by atoms with van der Waals surface area (Å²) < 4.78 is 0. The number of para-hydroxylation sites is 1. The zero-order valence-electron chi connectivity index (χ0n) is 12.5. The first-order chi connectivity index (χ1) is 10.5. The molecular weight excluding hydrogens is 284 g/mol. The summed E-state index contributed by atoms with van der Waals surface area (Å²) in [7, 11) is 0. The average Bonchev–Trinajstić information content (AvgIpc) is 3.02. The third-order valence-electron chi connectivity index (χ3n) is 3.39. The first-order valence-electron chi connectivity index (χ1n) is 7.03. The summed E-state index contributed by atoms with van der Waals surface area (Å²) in [4.78, 5) is 26.1. The van der Waals surface area contributed by atoms with Crippen LogP contribution in [0.3, 0.4) is 0 Å². The van der Waals surface area contributed by atoms with E-state index in [2.05, 4.69) is 10.2 Å². The van der Waals surface area contributed by atoms with Crippen LogP contribution in [0.25, 0.3) is 5.69 Å². The molecule has 116 valence electrons. The monoisotopic (exact) mass is 302 g/mol. The Bertz CT molecular complexity index is 654. The van der Waals surface area contributed by atoms with Gasteiger partial charge < -0.3 is 10.0 Å². The molecule has 1 N–H and O–H groups in total. The SMILES string of the molecule is CCC(C)N(CC(=O)O)C(=O)c1cnn(-c2ccccc2)n1. The number of benzene rings is 1. The highest BCUT2D eigenvalue weighted by Crippen LogP contribution is 2.10. The Morgan fingerprint density at radius 2 is 2.00 bits per heavy atom. The third-order valence-corrected chi connectivity index (χ3v) is 3.39. The number of rotatable bonds is 6. The summed E-state index contributed by atoms with van der Waals surface area (Å²) in [5.41, 5.74) is 0.861. The van der Waals surface area contributed by atoms with Crippen molar-refractivity contribution in [3.8, 4) is 5.69 Å². The summed E-state index contributed by atoms with van der Waals surface area (Å²) >= 11 is 0. The van der Waals surface area contributed by atoms with E-state index in [1.54, 1.807) is 0 Å². The molecule has 0 radical (unpaired) electrons. The second-order valence-corrected chi connectivity index (χ2v) is 4.94. The smallest absolute Gasteiger partial charge is 0.323 e. The summed E-state index contributed by atoms with van der Waals surface area (Å²) in [5.74, 6) is -1.48. The lowest BCUT2D eigenvalue weighted by molar-refractivity contribution is -0.138. The van der Waals surface area contributed by atoms with Crippen molar-refractivity contribution in [2.24, 2.45) is 0 Å². The number of carboxylic acids is 1. The summed E-state index contributed by atoms with van der Waals surface area (Å²) in [5, 5.41) is 17.2. The zero-order chi connectivity index (χ0) is 16.1. The fourth-order valence-corrected chi connectivity index (χ4v) is 1.99. The van der Waals surface area contributed by atoms with Gasteiger partial charge in [0.25, 0.3) is 5.91 Å². The molecule has 1 amide bonds. The highest BCUT2D eigenvalue weighted by Gasteiger charge is 2.25. The van der Waals surface area contributed by atoms with Gasteiger partial charge in [-0.3, -0.25) is 9.59 Å². The maximum atomic E-state index is 12.5. The number of carbonyl (C=O) groups is 2. The molecule has 2 aromatic rings. The van der Waals surface area contributed by atoms with Crippen molar-refractivity contribution < 1.29 is 14.7 Å². The van der Waals surface area contributed by atoms with Crippen LogP contribution < -0.4 is 0 Å². The topological polar surface area (TPSA) is 88.3 Å². The van der Waals surface area contributed by atoms with Crippen molar-refractivity contribution in [1.29, 1.82) is 0 Å². The van der Waals surface area contributed by atoms with Crippen molar-refractivity contribution in [2.75, 3.05) is 6.54 Å². The van der Waals surface area contributed by atoms with Crippen LogP contribution in [-0.2, 0) is 4.79 Å². The minimum Gasteiger partial charge on any atom is -0.480 e. The van der Waals surface area contributed by atoms with Crippen molar-refractivity contribution in [3.05, 3.63) is 42.2 Å². The Kier molecular flexibility index (Phi) is 4.88. The Balaban J connectivity index is 2.24. The van der Waals surface area contributed by atoms with Crippen molar-refractivity contribution >= 4 is 11.9 Å². The molecule has 1 heterocycles. The third kappa shape index (κ3) is 3.49. The van der Waals surface area contributed by atoms with Gasteiger partial charge >= 0.3 is 5.97 Å². The van der Waals surface area contributed by atoms with Crippen LogP contribution in [0, 0.1) is 0 Å². The number of hydrogen-bond donors (Lipinski definition) is 1. The molecule has 1 aromatic heterocycles. The van der Waals surface area contributed by atoms with Gasteiger partial charge in [-0.1, -0.05) is 25.1 Å². The largest absolute Gasteiger partial charge is 0.480 e. The fourth-order valence-electron chi connectivity index (χ4n) is 1.99. The molecule has 0 aliphatic carbocycles. The van der Waals surface area contributed by atoms with E-state index in [0.717, 1.165) is 5.69 Å². The molecule has 7 nitrogen and oxygen atoms in total. The first kappa shape index (κ1) is 15.7. The summed E-state index contributed by atoms with van der Waals surface area (Å²) in [6.07, 6.45) is 2.01. The van der Waals surface area contributed by atoms with E-state index in [0.29, 0.717) is 6.42 Å². The number of amides is 1. The standard InChI is InChI=1S/C15H18N4O3/c1-3-11(2)18(10-14(20)21)15(22)13-9-16-19(17-13)12-7-5-4-6-8-12/h4-9,11H,3,10H2,1-2H3,(H,20,21). The van der Waals surface area contributed by atoms with E-state index in [-0.39, 0.29) is 18.3 Å². The molecule has 1 aromatic carbocycles. The van der Waals surface area contributed by atoms with Crippen molar-refractivity contribution in [2.45, 2.75) is 26.3 Å². The van der Waals surface area contributed by atoms with Crippen LogP contribution in [-0.4, -0.2) is 49.5 Å². The minimum absolute atomic E-state index is 0.130. The van der Waals surface area contributed by atoms with Gasteiger partial charge in [0.1, 0.15) is 6.54 Å². The van der Waals surface area contributed by atoms with E-state index in [4.69, 9.17) is 5.11 Å². The highest BCUT2D eigenvalue weighted by atomic mass is 16.4. The van der Waals surface area contributed by atoms with Crippen LogP contribution in [0.15, 0.2) is 36.5 Å². The van der Waals surface area contributed by atoms with Crippen LogP contribution >= 0.6 is 0 Å². The average molecular weight is 302 g/mol. The van der Waals surface area contributed by atoms with E-state index in [9.17, 15) is 9.59 Å². The van der Waals surface area contributed by atoms with Gasteiger partial charge in [0.2, 0.25) is 0 Å². The maximum Gasteiger partial charge on any atom is 0.323 e. The molecule has 0 saturated carbocycles. The van der Waals surface area contributed by atoms with Gasteiger partial charge in [0, 0.05) is 6.04 Å². The molecule has 0 spiro atoms. The van der Waals surface area contributed by atoms with Gasteiger partial charge in [-0.05, 0) is 25.5 Å². The normalized spacial score (nSPS) is 11.9. The lowest BCUT2D eigenvalue weighted by Crippen LogP contribution is -2.42. The Hall–Kier alpha value is -2.70. The molecular formula is C15H18N4O3. The predicted octanol–water partition coefficient (Wildman–Crippen LogP) is 1.59. The second-order valence-electron chi connectivity index (χ2n) is 4.94. The molecule has 1 unspecified atom stereocenters. The number of carbonyl (C=O) groups excluding carboxylic acids is 1. The van der Waals surface area contributed by atoms with Crippen LogP contribution in [0.5, 0.6) is 0 Å².